The van der Waals surface area contributed by atoms with Crippen LogP contribution >= 0.6 is 15.9 Å². The molecule has 1 heterocycles. The molecule has 0 radical (unpaired) electrons. The molecule has 0 saturated heterocycles. The molecular weight excluding hydrogens is 206 g/mol. The zero-order valence-electron chi connectivity index (χ0n) is 5.20. The van der Waals surface area contributed by atoms with Crippen molar-refractivity contribution in [2.45, 2.75) is 13.3 Å². The summed E-state index contributed by atoms with van der Waals surface area (Å²) in [5.74, 6) is 0.266. The number of aryl methyl sites for hydroxylation is 1. The van der Waals surface area contributed by atoms with E-state index in [0.717, 1.165) is 0 Å². The molecule has 1 aromatic rings. The van der Waals surface area contributed by atoms with Crippen molar-refractivity contribution in [1.29, 1.82) is 0 Å². The van der Waals surface area contributed by atoms with Gasteiger partial charge in [-0.15, -0.1) is 0 Å². The fourth-order valence-corrected chi connectivity index (χ4v) is 1.16. The highest BCUT2D eigenvalue weighted by Gasteiger charge is 2.14. The van der Waals surface area contributed by atoms with Crippen LogP contribution in [0.2, 0.25) is 0 Å². The lowest BCUT2D eigenvalue weighted by Gasteiger charge is -1.91. The molecule has 0 aliphatic heterocycles. The Labute approximate surface area is 65.2 Å². The summed E-state index contributed by atoms with van der Waals surface area (Å²) in [5, 5.41) is 0. The number of alkyl halides is 2. The van der Waals surface area contributed by atoms with Gasteiger partial charge in [0.2, 0.25) is 0 Å². The molecule has 0 amide bonds. The van der Waals surface area contributed by atoms with Crippen molar-refractivity contribution in [2.75, 3.05) is 0 Å². The first kappa shape index (κ1) is 7.72. The van der Waals surface area contributed by atoms with Crippen molar-refractivity contribution in [3.05, 3.63) is 22.1 Å². The Hall–Kier alpha value is -0.380. The maximum absolute atomic E-state index is 12.0. The summed E-state index contributed by atoms with van der Waals surface area (Å²) in [6.45, 7) is 1.51. The molecule has 0 saturated carbocycles. The van der Waals surface area contributed by atoms with Crippen LogP contribution in [0.25, 0.3) is 0 Å². The molecule has 1 rings (SSSR count). The van der Waals surface area contributed by atoms with E-state index >= 15 is 0 Å². The van der Waals surface area contributed by atoms with Crippen LogP contribution < -0.4 is 0 Å². The first-order valence-electron chi connectivity index (χ1n) is 2.65. The molecule has 0 aliphatic carbocycles. The Morgan fingerprint density at radius 3 is 2.40 bits per heavy atom. The van der Waals surface area contributed by atoms with Gasteiger partial charge in [-0.25, -0.2) is 8.78 Å². The van der Waals surface area contributed by atoms with Crippen LogP contribution in [-0.4, -0.2) is 0 Å². The van der Waals surface area contributed by atoms with Gasteiger partial charge in [0.05, 0.1) is 5.56 Å². The van der Waals surface area contributed by atoms with E-state index in [1.807, 2.05) is 0 Å². The van der Waals surface area contributed by atoms with Gasteiger partial charge in [0.25, 0.3) is 6.43 Å². The normalized spacial score (nSPS) is 10.9. The van der Waals surface area contributed by atoms with Crippen molar-refractivity contribution < 1.29 is 13.2 Å². The molecule has 0 N–H and O–H groups in total. The summed E-state index contributed by atoms with van der Waals surface area (Å²) in [4.78, 5) is 0. The molecule has 0 spiro atoms. The number of furan rings is 1. The summed E-state index contributed by atoms with van der Waals surface area (Å²) >= 11 is 2.95. The zero-order valence-corrected chi connectivity index (χ0v) is 6.78. The van der Waals surface area contributed by atoms with Gasteiger partial charge in [-0.05, 0) is 22.9 Å². The van der Waals surface area contributed by atoms with Crippen molar-refractivity contribution in [3.8, 4) is 0 Å². The van der Waals surface area contributed by atoms with Crippen molar-refractivity contribution in [1.82, 2.24) is 0 Å². The second-order valence-electron chi connectivity index (χ2n) is 1.86. The molecule has 0 atom stereocenters. The Kier molecular flexibility index (Phi) is 2.08. The van der Waals surface area contributed by atoms with Gasteiger partial charge in [0.15, 0.2) is 4.67 Å². The fraction of sp³-hybridized carbons (Fsp3) is 0.333. The Morgan fingerprint density at radius 2 is 2.20 bits per heavy atom. The smallest absolute Gasteiger partial charge is 0.267 e. The molecule has 4 heteroatoms. The van der Waals surface area contributed by atoms with Gasteiger partial charge in [-0.1, -0.05) is 0 Å². The number of hydrogen-bond donors (Lipinski definition) is 0. The van der Waals surface area contributed by atoms with Gasteiger partial charge >= 0.3 is 0 Å². The van der Waals surface area contributed by atoms with Crippen LogP contribution in [0, 0.1) is 6.92 Å². The van der Waals surface area contributed by atoms with Crippen molar-refractivity contribution in [2.24, 2.45) is 0 Å². The summed E-state index contributed by atoms with van der Waals surface area (Å²) in [7, 11) is 0. The van der Waals surface area contributed by atoms with Crippen LogP contribution in [-0.2, 0) is 0 Å². The second kappa shape index (κ2) is 2.70. The lowest BCUT2D eigenvalue weighted by Crippen LogP contribution is -1.80. The van der Waals surface area contributed by atoms with Gasteiger partial charge in [0, 0.05) is 6.07 Å². The monoisotopic (exact) mass is 210 g/mol. The molecular formula is C6H5BrF2O. The average molecular weight is 211 g/mol. The molecule has 0 bridgehead atoms. The predicted octanol–water partition coefficient (Wildman–Crippen LogP) is 3.29. The van der Waals surface area contributed by atoms with Gasteiger partial charge in [0.1, 0.15) is 5.76 Å². The van der Waals surface area contributed by atoms with Crippen LogP contribution in [0.3, 0.4) is 0 Å². The number of rotatable bonds is 1. The Bertz CT molecular complexity index is 232. The number of hydrogen-bond acceptors (Lipinski definition) is 1. The SMILES string of the molecule is Cc1oc(Br)cc1C(F)F. The lowest BCUT2D eigenvalue weighted by molar-refractivity contribution is 0.149. The predicted molar refractivity (Wildman–Crippen MR) is 36.1 cm³/mol. The summed E-state index contributed by atoms with van der Waals surface area (Å²) in [5.41, 5.74) is -0.0492. The largest absolute Gasteiger partial charge is 0.454 e. The van der Waals surface area contributed by atoms with Gasteiger partial charge in [-0.2, -0.15) is 0 Å². The highest BCUT2D eigenvalue weighted by atomic mass is 79.9. The second-order valence-corrected chi connectivity index (χ2v) is 2.64. The van der Waals surface area contributed by atoms with E-state index in [-0.39, 0.29) is 11.3 Å². The third-order valence-electron chi connectivity index (χ3n) is 1.16. The highest BCUT2D eigenvalue weighted by molar-refractivity contribution is 9.10. The average Bonchev–Trinajstić information content (AvgIpc) is 2.10. The van der Waals surface area contributed by atoms with E-state index in [4.69, 9.17) is 4.42 Å². The molecule has 10 heavy (non-hydrogen) atoms. The minimum Gasteiger partial charge on any atom is -0.454 e. The molecule has 0 unspecified atom stereocenters. The van der Waals surface area contributed by atoms with E-state index in [9.17, 15) is 8.78 Å². The highest BCUT2D eigenvalue weighted by Crippen LogP contribution is 2.27. The Balaban J connectivity index is 3.03. The van der Waals surface area contributed by atoms with E-state index in [1.54, 1.807) is 0 Å². The Morgan fingerprint density at radius 1 is 1.60 bits per heavy atom. The van der Waals surface area contributed by atoms with Crippen LogP contribution in [0.5, 0.6) is 0 Å². The van der Waals surface area contributed by atoms with Gasteiger partial charge in [-0.3, -0.25) is 0 Å². The zero-order chi connectivity index (χ0) is 7.72. The number of halogens is 3. The van der Waals surface area contributed by atoms with Gasteiger partial charge < -0.3 is 4.42 Å². The third-order valence-corrected chi connectivity index (χ3v) is 1.55. The minimum absolute atomic E-state index is 0.0492. The molecule has 56 valence electrons. The van der Waals surface area contributed by atoms with Crippen molar-refractivity contribution in [3.63, 3.8) is 0 Å². The fourth-order valence-electron chi connectivity index (χ4n) is 0.675. The van der Waals surface area contributed by atoms with Crippen LogP contribution in [0.4, 0.5) is 8.78 Å². The van der Waals surface area contributed by atoms with E-state index in [1.165, 1.54) is 13.0 Å². The topological polar surface area (TPSA) is 13.1 Å². The van der Waals surface area contributed by atoms with Crippen LogP contribution in [0.15, 0.2) is 15.2 Å². The summed E-state index contributed by atoms with van der Waals surface area (Å²) < 4.78 is 29.1. The lowest BCUT2D eigenvalue weighted by atomic mass is 10.3. The molecule has 0 aromatic carbocycles. The molecule has 0 fully saturated rings. The summed E-state index contributed by atoms with van der Waals surface area (Å²) in [6.07, 6.45) is -2.45. The van der Waals surface area contributed by atoms with E-state index in [0.29, 0.717) is 4.67 Å². The summed E-state index contributed by atoms with van der Waals surface area (Å²) in [6, 6.07) is 1.28. The maximum atomic E-state index is 12.0. The quantitative estimate of drug-likeness (QED) is 0.694. The van der Waals surface area contributed by atoms with E-state index in [2.05, 4.69) is 15.9 Å². The standard InChI is InChI=1S/C6H5BrF2O/c1-3-4(6(8)9)2-5(7)10-3/h2,6H,1H3. The maximum Gasteiger partial charge on any atom is 0.267 e. The molecule has 1 nitrogen and oxygen atoms in total. The van der Waals surface area contributed by atoms with Crippen molar-refractivity contribution >= 4 is 15.9 Å². The molecule has 0 aliphatic rings. The van der Waals surface area contributed by atoms with E-state index < -0.39 is 6.43 Å². The molecule has 1 aromatic heterocycles. The minimum atomic E-state index is -2.45. The first-order valence-corrected chi connectivity index (χ1v) is 3.44. The van der Waals surface area contributed by atoms with Crippen LogP contribution in [0.1, 0.15) is 17.7 Å². The first-order chi connectivity index (χ1) is 4.61. The third kappa shape index (κ3) is 1.37.